The average Bonchev–Trinajstić information content (AvgIpc) is 3.42. The fourth-order valence-corrected chi connectivity index (χ4v) is 9.13. The number of carbonyl (C=O) groups is 3. The van der Waals surface area contributed by atoms with Gasteiger partial charge in [0.25, 0.3) is 6.29 Å². The lowest BCUT2D eigenvalue weighted by molar-refractivity contribution is -0.870. The number of unbranched alkanes of at least 4 members (excludes halogenated alkanes) is 31. The third-order valence-corrected chi connectivity index (χ3v) is 14.1. The highest BCUT2D eigenvalue weighted by molar-refractivity contribution is 5.71. The number of ether oxygens (including phenoxy) is 4. The molecule has 0 fully saturated rings. The lowest BCUT2D eigenvalue weighted by Crippen LogP contribution is -2.40. The standard InChI is InChI=1S/C70H123NO8/c1-6-8-10-12-14-16-18-20-22-24-25-26-27-28-29-30-31-32-33-34-35-36-37-38-39-40-41-42-43-45-47-49-51-53-55-57-59-61-68(73)79-66(65-78-70(69(74)75)76-63-62-71(3,4)5)64-77-67(72)60-58-56-54-52-50-48-46-44-23-21-19-17-15-13-11-9-7-2/h8,10,14,16,20-23,25-26,28-29,31-32,66,70H,6-7,9,11-13,15,17-19,24,27,30,33-65H2,1-5H3/p+1/b10-8-,16-14-,22-20-,23-21-,26-25-,29-28-,32-31-. The SMILES string of the molecule is CC/C=C\C/C=C\C/C=C\C/C=C\C/C=C\C/C=C\CCCCCCCCCCCCCCCCCCCCC(=O)OC(COC(=O)CCCCCCCCC/C=C\CCCCCCCC)COC(OCC[N+](C)(C)C)C(=O)O. The van der Waals surface area contributed by atoms with Crippen LogP contribution in [0.5, 0.6) is 0 Å². The molecule has 1 N–H and O–H groups in total. The van der Waals surface area contributed by atoms with Gasteiger partial charge in [0.1, 0.15) is 13.2 Å². The molecular formula is C70H124NO8+. The third-order valence-electron chi connectivity index (χ3n) is 14.1. The van der Waals surface area contributed by atoms with Crippen LogP contribution in [0, 0.1) is 0 Å². The normalized spacial score (nSPS) is 13.3. The van der Waals surface area contributed by atoms with Gasteiger partial charge in [0.15, 0.2) is 6.10 Å². The number of carboxylic acids is 1. The summed E-state index contributed by atoms with van der Waals surface area (Å²) < 4.78 is 22.9. The van der Waals surface area contributed by atoms with E-state index in [2.05, 4.69) is 98.9 Å². The molecule has 79 heavy (non-hydrogen) atoms. The number of hydrogen-bond donors (Lipinski definition) is 1. The smallest absolute Gasteiger partial charge is 0.361 e. The number of rotatable bonds is 60. The van der Waals surface area contributed by atoms with E-state index in [1.807, 2.05) is 21.1 Å². The minimum atomic E-state index is -1.51. The van der Waals surface area contributed by atoms with Gasteiger partial charge in [-0.25, -0.2) is 4.79 Å². The van der Waals surface area contributed by atoms with Crippen molar-refractivity contribution in [2.45, 2.75) is 296 Å². The molecule has 0 heterocycles. The Morgan fingerprint density at radius 2 is 0.722 bits per heavy atom. The third kappa shape index (κ3) is 61.9. The van der Waals surface area contributed by atoms with Crippen LogP contribution in [0.1, 0.15) is 284 Å². The van der Waals surface area contributed by atoms with Gasteiger partial charge in [0.05, 0.1) is 34.4 Å². The maximum absolute atomic E-state index is 12.9. The Morgan fingerprint density at radius 3 is 1.09 bits per heavy atom. The molecule has 0 saturated heterocycles. The Hall–Kier alpha value is -3.53. The number of aliphatic carboxylic acids is 1. The second-order valence-corrected chi connectivity index (χ2v) is 23.0. The molecule has 0 aliphatic heterocycles. The molecule has 0 aliphatic carbocycles. The first-order valence-electron chi connectivity index (χ1n) is 32.8. The lowest BCUT2D eigenvalue weighted by Gasteiger charge is -2.25. The fourth-order valence-electron chi connectivity index (χ4n) is 9.13. The molecule has 0 amide bonds. The van der Waals surface area contributed by atoms with Crippen molar-refractivity contribution in [2.75, 3.05) is 47.5 Å². The number of likely N-dealkylation sites (N-methyl/N-ethyl adjacent to an activating group) is 1. The van der Waals surface area contributed by atoms with E-state index in [0.29, 0.717) is 17.4 Å². The maximum atomic E-state index is 12.9. The monoisotopic (exact) mass is 1110 g/mol. The van der Waals surface area contributed by atoms with Gasteiger partial charge < -0.3 is 28.5 Å². The van der Waals surface area contributed by atoms with Crippen molar-refractivity contribution in [3.05, 3.63) is 85.1 Å². The fraction of sp³-hybridized carbons (Fsp3) is 0.757. The van der Waals surface area contributed by atoms with E-state index in [1.165, 1.54) is 180 Å². The first-order chi connectivity index (χ1) is 38.6. The quantitative estimate of drug-likeness (QED) is 0.0211. The molecule has 0 spiro atoms. The van der Waals surface area contributed by atoms with Gasteiger partial charge >= 0.3 is 17.9 Å². The molecule has 0 aromatic heterocycles. The maximum Gasteiger partial charge on any atom is 0.361 e. The molecule has 2 unspecified atom stereocenters. The number of nitrogens with zero attached hydrogens (tertiary/aromatic N) is 1. The Morgan fingerprint density at radius 1 is 0.392 bits per heavy atom. The number of allylic oxidation sites excluding steroid dienone is 14. The summed E-state index contributed by atoms with van der Waals surface area (Å²) in [4.78, 5) is 37.5. The molecule has 0 saturated carbocycles. The largest absolute Gasteiger partial charge is 0.477 e. The molecule has 0 aromatic carbocycles. The highest BCUT2D eigenvalue weighted by Crippen LogP contribution is 2.17. The summed E-state index contributed by atoms with van der Waals surface area (Å²) in [5, 5.41) is 9.72. The summed E-state index contributed by atoms with van der Waals surface area (Å²) in [6.07, 6.45) is 78.3. The van der Waals surface area contributed by atoms with Gasteiger partial charge in [-0.15, -0.1) is 0 Å². The summed E-state index contributed by atoms with van der Waals surface area (Å²) in [6, 6.07) is 0. The van der Waals surface area contributed by atoms with Crippen molar-refractivity contribution in [1.29, 1.82) is 0 Å². The van der Waals surface area contributed by atoms with Crippen LogP contribution in [0.3, 0.4) is 0 Å². The van der Waals surface area contributed by atoms with Crippen LogP contribution in [0.25, 0.3) is 0 Å². The highest BCUT2D eigenvalue weighted by atomic mass is 16.7. The van der Waals surface area contributed by atoms with E-state index in [0.717, 1.165) is 77.0 Å². The summed E-state index contributed by atoms with van der Waals surface area (Å²) in [6.45, 7) is 4.78. The van der Waals surface area contributed by atoms with Crippen LogP contribution in [0.4, 0.5) is 0 Å². The minimum absolute atomic E-state index is 0.184. The number of carboxylic acid groups (broad SMARTS) is 1. The van der Waals surface area contributed by atoms with Gasteiger partial charge in [-0.2, -0.15) is 0 Å². The van der Waals surface area contributed by atoms with Crippen LogP contribution in [-0.4, -0.2) is 87.4 Å². The molecule has 9 nitrogen and oxygen atoms in total. The first kappa shape index (κ1) is 75.5. The zero-order valence-electron chi connectivity index (χ0n) is 52.0. The van der Waals surface area contributed by atoms with Gasteiger partial charge in [0, 0.05) is 12.8 Å². The minimum Gasteiger partial charge on any atom is -0.477 e. The van der Waals surface area contributed by atoms with E-state index >= 15 is 0 Å². The summed E-state index contributed by atoms with van der Waals surface area (Å²) in [5.41, 5.74) is 0. The molecule has 0 radical (unpaired) electrons. The van der Waals surface area contributed by atoms with Crippen molar-refractivity contribution >= 4 is 17.9 Å². The van der Waals surface area contributed by atoms with E-state index in [-0.39, 0.29) is 32.2 Å². The second-order valence-electron chi connectivity index (χ2n) is 23.0. The molecule has 0 aliphatic rings. The molecule has 456 valence electrons. The number of quaternary nitrogens is 1. The van der Waals surface area contributed by atoms with E-state index in [4.69, 9.17) is 18.9 Å². The molecular weight excluding hydrogens is 983 g/mol. The zero-order valence-corrected chi connectivity index (χ0v) is 52.0. The van der Waals surface area contributed by atoms with Crippen LogP contribution < -0.4 is 0 Å². The molecule has 9 heteroatoms. The average molecular weight is 1110 g/mol. The van der Waals surface area contributed by atoms with Crippen molar-refractivity contribution in [3.63, 3.8) is 0 Å². The molecule has 0 rings (SSSR count). The van der Waals surface area contributed by atoms with Crippen LogP contribution in [-0.2, 0) is 33.3 Å². The summed E-state index contributed by atoms with van der Waals surface area (Å²) in [7, 11) is 5.97. The first-order valence-corrected chi connectivity index (χ1v) is 32.8. The Balaban J connectivity index is 4.06. The predicted octanol–water partition coefficient (Wildman–Crippen LogP) is 19.9. The van der Waals surface area contributed by atoms with Crippen LogP contribution in [0.15, 0.2) is 85.1 Å². The Bertz CT molecular complexity index is 1570. The lowest BCUT2D eigenvalue weighted by atomic mass is 10.0. The van der Waals surface area contributed by atoms with Crippen molar-refractivity contribution in [1.82, 2.24) is 0 Å². The van der Waals surface area contributed by atoms with E-state index in [1.54, 1.807) is 0 Å². The Labute approximate surface area is 487 Å². The van der Waals surface area contributed by atoms with Crippen molar-refractivity contribution in [2.24, 2.45) is 0 Å². The molecule has 2 atom stereocenters. The second kappa shape index (κ2) is 60.6. The van der Waals surface area contributed by atoms with Gasteiger partial charge in [-0.3, -0.25) is 9.59 Å². The number of hydrogen-bond acceptors (Lipinski definition) is 7. The predicted molar refractivity (Wildman–Crippen MR) is 336 cm³/mol. The summed E-state index contributed by atoms with van der Waals surface area (Å²) >= 11 is 0. The van der Waals surface area contributed by atoms with Crippen LogP contribution >= 0.6 is 0 Å². The van der Waals surface area contributed by atoms with E-state index < -0.39 is 24.3 Å². The zero-order chi connectivity index (χ0) is 57.6. The highest BCUT2D eigenvalue weighted by Gasteiger charge is 2.25. The van der Waals surface area contributed by atoms with Crippen molar-refractivity contribution in [3.8, 4) is 0 Å². The van der Waals surface area contributed by atoms with E-state index in [9.17, 15) is 19.5 Å². The van der Waals surface area contributed by atoms with Crippen molar-refractivity contribution < 1.29 is 42.9 Å². The number of esters is 2. The Kier molecular flexibility index (Phi) is 57.9. The van der Waals surface area contributed by atoms with Gasteiger partial charge in [-0.1, -0.05) is 266 Å². The number of carbonyl (C=O) groups excluding carboxylic acids is 2. The van der Waals surface area contributed by atoms with Crippen LogP contribution in [0.2, 0.25) is 0 Å². The van der Waals surface area contributed by atoms with Gasteiger partial charge in [0.2, 0.25) is 0 Å². The topological polar surface area (TPSA) is 108 Å². The van der Waals surface area contributed by atoms with Gasteiger partial charge in [-0.05, 0) is 89.9 Å². The molecule has 0 bridgehead atoms. The summed E-state index contributed by atoms with van der Waals surface area (Å²) in [5.74, 6) is -2.00. The molecule has 0 aromatic rings.